The Morgan fingerprint density at radius 2 is 1.92 bits per heavy atom. The van der Waals surface area contributed by atoms with Crippen molar-refractivity contribution in [3.63, 3.8) is 0 Å². The predicted octanol–water partition coefficient (Wildman–Crippen LogP) is 2.02. The van der Waals surface area contributed by atoms with Crippen LogP contribution in [0.1, 0.15) is 30.8 Å². The molecule has 0 bridgehead atoms. The fraction of sp³-hybridized carbons (Fsp3) is 0.389. The number of carbonyl (C=O) groups excluding carboxylic acids is 2. The molecule has 3 amide bonds. The van der Waals surface area contributed by atoms with Gasteiger partial charge in [0.25, 0.3) is 0 Å². The van der Waals surface area contributed by atoms with E-state index in [1.807, 2.05) is 48.9 Å². The van der Waals surface area contributed by atoms with Crippen molar-refractivity contribution >= 4 is 11.9 Å². The molecule has 7 heteroatoms. The molecule has 25 heavy (non-hydrogen) atoms. The molecule has 0 aliphatic carbocycles. The normalized spacial score (nSPS) is 11.7. The van der Waals surface area contributed by atoms with Gasteiger partial charge >= 0.3 is 6.03 Å². The van der Waals surface area contributed by atoms with E-state index in [1.165, 1.54) is 4.90 Å². The monoisotopic (exact) mass is 343 g/mol. The van der Waals surface area contributed by atoms with Gasteiger partial charge in [-0.3, -0.25) is 4.79 Å². The third-order valence-corrected chi connectivity index (χ3v) is 3.97. The van der Waals surface area contributed by atoms with Gasteiger partial charge in [0.1, 0.15) is 5.82 Å². The maximum Gasteiger partial charge on any atom is 0.315 e. The van der Waals surface area contributed by atoms with E-state index in [-0.39, 0.29) is 24.4 Å². The first-order valence-electron chi connectivity index (χ1n) is 8.23. The van der Waals surface area contributed by atoms with Crippen molar-refractivity contribution in [2.75, 3.05) is 20.6 Å². The largest absolute Gasteiger partial charge is 0.349 e. The number of rotatable bonds is 6. The lowest BCUT2D eigenvalue weighted by Gasteiger charge is -2.16. The molecule has 0 fully saturated rings. The average Bonchev–Trinajstić information content (AvgIpc) is 3.00. The average molecular weight is 343 g/mol. The molecular weight excluding hydrogens is 318 g/mol. The number of aromatic nitrogens is 2. The number of urea groups is 1. The van der Waals surface area contributed by atoms with Crippen LogP contribution in [0.2, 0.25) is 0 Å². The second-order valence-corrected chi connectivity index (χ2v) is 6.10. The van der Waals surface area contributed by atoms with E-state index >= 15 is 0 Å². The van der Waals surface area contributed by atoms with Crippen LogP contribution in [0.3, 0.4) is 0 Å². The first-order valence-corrected chi connectivity index (χ1v) is 8.23. The van der Waals surface area contributed by atoms with Crippen LogP contribution in [-0.4, -0.2) is 47.0 Å². The number of imidazole rings is 1. The Labute approximate surface area is 148 Å². The first-order chi connectivity index (χ1) is 11.9. The molecule has 0 radical (unpaired) electrons. The second kappa shape index (κ2) is 8.32. The highest BCUT2D eigenvalue weighted by Crippen LogP contribution is 2.16. The third kappa shape index (κ3) is 5.07. The van der Waals surface area contributed by atoms with Gasteiger partial charge in [0.2, 0.25) is 5.91 Å². The van der Waals surface area contributed by atoms with E-state index in [0.717, 1.165) is 17.1 Å². The van der Waals surface area contributed by atoms with Gasteiger partial charge in [-0.2, -0.15) is 0 Å². The van der Waals surface area contributed by atoms with Crippen molar-refractivity contribution in [2.24, 2.45) is 0 Å². The molecule has 134 valence electrons. The summed E-state index contributed by atoms with van der Waals surface area (Å²) in [6.07, 6.45) is 3.96. The van der Waals surface area contributed by atoms with Gasteiger partial charge in [-0.1, -0.05) is 12.1 Å². The highest BCUT2D eigenvalue weighted by molar-refractivity contribution is 5.78. The molecule has 0 aliphatic rings. The molecule has 1 aromatic heterocycles. The summed E-state index contributed by atoms with van der Waals surface area (Å²) >= 11 is 0. The number of amides is 3. The van der Waals surface area contributed by atoms with Gasteiger partial charge in [0.05, 0.1) is 6.04 Å². The van der Waals surface area contributed by atoms with Crippen LogP contribution in [0.4, 0.5) is 4.79 Å². The number of benzene rings is 1. The van der Waals surface area contributed by atoms with E-state index in [1.54, 1.807) is 20.3 Å². The molecule has 2 rings (SSSR count). The lowest BCUT2D eigenvalue weighted by Crippen LogP contribution is -2.38. The molecule has 7 nitrogen and oxygen atoms in total. The summed E-state index contributed by atoms with van der Waals surface area (Å²) in [5, 5.41) is 5.57. The smallest absolute Gasteiger partial charge is 0.315 e. The molecular formula is C18H25N5O2. The van der Waals surface area contributed by atoms with Crippen molar-refractivity contribution in [1.82, 2.24) is 25.1 Å². The summed E-state index contributed by atoms with van der Waals surface area (Å²) in [5.41, 5.74) is 2.03. The summed E-state index contributed by atoms with van der Waals surface area (Å²) in [5.74, 6) is 0.907. The van der Waals surface area contributed by atoms with E-state index < -0.39 is 0 Å². The Balaban J connectivity index is 1.86. The van der Waals surface area contributed by atoms with Crippen LogP contribution in [-0.2, 0) is 4.79 Å². The standard InChI is InChI=1S/C18H25N5O2/c1-13(21-18(25)20-10-9-17(24)22(3)4)15-5-7-16(8-6-15)23-12-11-19-14(23)2/h5-8,11-13H,9-10H2,1-4H3,(H2,20,21,25)/t13-/m1/s1. The summed E-state index contributed by atoms with van der Waals surface area (Å²) in [6, 6.07) is 7.53. The summed E-state index contributed by atoms with van der Waals surface area (Å²) in [7, 11) is 3.39. The number of hydrogen-bond donors (Lipinski definition) is 2. The first kappa shape index (κ1) is 18.5. The van der Waals surface area contributed by atoms with Crippen molar-refractivity contribution in [2.45, 2.75) is 26.3 Å². The Kier molecular flexibility index (Phi) is 6.16. The van der Waals surface area contributed by atoms with Crippen LogP contribution >= 0.6 is 0 Å². The number of carbonyl (C=O) groups is 2. The number of nitrogens with one attached hydrogen (secondary N) is 2. The summed E-state index contributed by atoms with van der Waals surface area (Å²) < 4.78 is 2.00. The Hall–Kier alpha value is -2.83. The molecule has 1 aromatic carbocycles. The molecule has 0 aliphatic heterocycles. The van der Waals surface area contributed by atoms with Crippen LogP contribution in [0.15, 0.2) is 36.7 Å². The lowest BCUT2D eigenvalue weighted by molar-refractivity contribution is -0.128. The van der Waals surface area contributed by atoms with Gasteiger partial charge in [-0.15, -0.1) is 0 Å². The van der Waals surface area contributed by atoms with Gasteiger partial charge in [-0.25, -0.2) is 9.78 Å². The molecule has 0 unspecified atom stereocenters. The van der Waals surface area contributed by atoms with Crippen LogP contribution in [0.25, 0.3) is 5.69 Å². The highest BCUT2D eigenvalue weighted by Gasteiger charge is 2.11. The number of nitrogens with zero attached hydrogens (tertiary/aromatic N) is 3. The molecule has 2 N–H and O–H groups in total. The van der Waals surface area contributed by atoms with Crippen LogP contribution in [0, 0.1) is 6.92 Å². The van der Waals surface area contributed by atoms with E-state index in [4.69, 9.17) is 0 Å². The van der Waals surface area contributed by atoms with E-state index in [0.29, 0.717) is 6.54 Å². The van der Waals surface area contributed by atoms with E-state index in [2.05, 4.69) is 15.6 Å². The number of aryl methyl sites for hydroxylation is 1. The maximum absolute atomic E-state index is 11.9. The van der Waals surface area contributed by atoms with Gasteiger partial charge in [-0.05, 0) is 31.5 Å². The maximum atomic E-state index is 11.9. The Morgan fingerprint density at radius 1 is 1.24 bits per heavy atom. The Bertz CT molecular complexity index is 721. The third-order valence-electron chi connectivity index (χ3n) is 3.97. The quantitative estimate of drug-likeness (QED) is 0.842. The van der Waals surface area contributed by atoms with Gasteiger partial charge < -0.3 is 20.1 Å². The minimum absolute atomic E-state index is 0.0151. The zero-order chi connectivity index (χ0) is 18.4. The molecule has 0 spiro atoms. The van der Waals surface area contributed by atoms with Crippen LogP contribution < -0.4 is 10.6 Å². The minimum atomic E-state index is -0.284. The second-order valence-electron chi connectivity index (χ2n) is 6.10. The van der Waals surface area contributed by atoms with Gasteiger partial charge in [0.15, 0.2) is 0 Å². The van der Waals surface area contributed by atoms with Gasteiger partial charge in [0, 0.05) is 45.1 Å². The summed E-state index contributed by atoms with van der Waals surface area (Å²) in [6.45, 7) is 4.18. The number of hydrogen-bond acceptors (Lipinski definition) is 3. The zero-order valence-electron chi connectivity index (χ0n) is 15.1. The van der Waals surface area contributed by atoms with E-state index in [9.17, 15) is 9.59 Å². The van der Waals surface area contributed by atoms with Crippen molar-refractivity contribution in [3.05, 3.63) is 48.0 Å². The topological polar surface area (TPSA) is 79.3 Å². The lowest BCUT2D eigenvalue weighted by atomic mass is 10.1. The Morgan fingerprint density at radius 3 is 2.48 bits per heavy atom. The van der Waals surface area contributed by atoms with Crippen LogP contribution in [0.5, 0.6) is 0 Å². The highest BCUT2D eigenvalue weighted by atomic mass is 16.2. The molecule has 2 aromatic rings. The summed E-state index contributed by atoms with van der Waals surface area (Å²) in [4.78, 5) is 29.1. The molecule has 1 atom stereocenters. The molecule has 0 saturated heterocycles. The molecule has 0 saturated carbocycles. The fourth-order valence-corrected chi connectivity index (χ4v) is 2.41. The fourth-order valence-electron chi connectivity index (χ4n) is 2.41. The van der Waals surface area contributed by atoms with Crippen molar-refractivity contribution < 1.29 is 9.59 Å². The SMILES string of the molecule is Cc1nccn1-c1ccc([C@@H](C)NC(=O)NCCC(=O)N(C)C)cc1. The predicted molar refractivity (Wildman–Crippen MR) is 96.6 cm³/mol. The minimum Gasteiger partial charge on any atom is -0.349 e. The van der Waals surface area contributed by atoms with Crippen molar-refractivity contribution in [1.29, 1.82) is 0 Å². The zero-order valence-corrected chi connectivity index (χ0v) is 15.1. The van der Waals surface area contributed by atoms with Crippen molar-refractivity contribution in [3.8, 4) is 5.69 Å². The molecule has 1 heterocycles.